The molecule has 6 heteroatoms. The average Bonchev–Trinajstić information content (AvgIpc) is 2.48. The number of non-ortho nitro benzene ring substituents is 1. The standard InChI is InChI=1S/C16H21NO5/c1-13(2)8-9-21-10-11-22-16(18)7-6-14-4-3-5-15(12-14)17(19)20/h3-7,12-13H,8-11H2,1-2H3/b7-6+. The van der Waals surface area contributed by atoms with Gasteiger partial charge in [-0.05, 0) is 24.0 Å². The van der Waals surface area contributed by atoms with Gasteiger partial charge in [0.15, 0.2) is 0 Å². The highest BCUT2D eigenvalue weighted by atomic mass is 16.6. The Labute approximate surface area is 129 Å². The largest absolute Gasteiger partial charge is 0.460 e. The van der Waals surface area contributed by atoms with Crippen LogP contribution in [0.4, 0.5) is 5.69 Å². The van der Waals surface area contributed by atoms with Crippen LogP contribution in [0, 0.1) is 16.0 Å². The molecular formula is C16H21NO5. The molecule has 0 radical (unpaired) electrons. The minimum absolute atomic E-state index is 0.0194. The quantitative estimate of drug-likeness (QED) is 0.230. The molecule has 120 valence electrons. The summed E-state index contributed by atoms with van der Waals surface area (Å²) in [7, 11) is 0. The van der Waals surface area contributed by atoms with E-state index < -0.39 is 10.9 Å². The van der Waals surface area contributed by atoms with E-state index in [0.717, 1.165) is 6.42 Å². The van der Waals surface area contributed by atoms with Crippen molar-refractivity contribution in [2.24, 2.45) is 5.92 Å². The maximum atomic E-state index is 11.5. The van der Waals surface area contributed by atoms with Crippen molar-refractivity contribution in [3.8, 4) is 0 Å². The van der Waals surface area contributed by atoms with Crippen molar-refractivity contribution >= 4 is 17.7 Å². The fraction of sp³-hybridized carbons (Fsp3) is 0.438. The van der Waals surface area contributed by atoms with E-state index in [2.05, 4.69) is 13.8 Å². The molecule has 0 heterocycles. The van der Waals surface area contributed by atoms with Crippen molar-refractivity contribution in [2.75, 3.05) is 19.8 Å². The van der Waals surface area contributed by atoms with Gasteiger partial charge in [-0.2, -0.15) is 0 Å². The Morgan fingerprint density at radius 3 is 2.77 bits per heavy atom. The number of hydrogen-bond donors (Lipinski definition) is 0. The molecule has 0 aliphatic carbocycles. The number of nitro benzene ring substituents is 1. The molecule has 0 aromatic heterocycles. The zero-order valence-electron chi connectivity index (χ0n) is 12.9. The van der Waals surface area contributed by atoms with Crippen molar-refractivity contribution in [1.29, 1.82) is 0 Å². The van der Waals surface area contributed by atoms with Crippen LogP contribution in [0.15, 0.2) is 30.3 Å². The topological polar surface area (TPSA) is 78.7 Å². The van der Waals surface area contributed by atoms with Crippen LogP contribution >= 0.6 is 0 Å². The number of benzene rings is 1. The first kappa shape index (κ1) is 17.8. The van der Waals surface area contributed by atoms with E-state index in [4.69, 9.17) is 9.47 Å². The van der Waals surface area contributed by atoms with Gasteiger partial charge in [-0.3, -0.25) is 10.1 Å². The van der Waals surface area contributed by atoms with Gasteiger partial charge in [0.1, 0.15) is 6.61 Å². The van der Waals surface area contributed by atoms with Crippen molar-refractivity contribution in [3.63, 3.8) is 0 Å². The normalized spacial score (nSPS) is 11.0. The number of esters is 1. The number of nitrogens with zero attached hydrogens (tertiary/aromatic N) is 1. The molecule has 0 bridgehead atoms. The van der Waals surface area contributed by atoms with E-state index in [0.29, 0.717) is 24.7 Å². The summed E-state index contributed by atoms with van der Waals surface area (Å²) < 4.78 is 10.3. The smallest absolute Gasteiger partial charge is 0.330 e. The third-order valence-electron chi connectivity index (χ3n) is 2.80. The lowest BCUT2D eigenvalue weighted by atomic mass is 10.1. The third kappa shape index (κ3) is 7.54. The Hall–Kier alpha value is -2.21. The molecule has 0 saturated heterocycles. The molecule has 0 aliphatic heterocycles. The molecule has 0 saturated carbocycles. The summed E-state index contributed by atoms with van der Waals surface area (Å²) in [6, 6.07) is 6.01. The monoisotopic (exact) mass is 307 g/mol. The molecule has 1 rings (SSSR count). The predicted octanol–water partition coefficient (Wildman–Crippen LogP) is 3.21. The highest BCUT2D eigenvalue weighted by Gasteiger charge is 2.04. The van der Waals surface area contributed by atoms with Gasteiger partial charge in [-0.25, -0.2) is 4.79 Å². The molecule has 1 aromatic rings. The van der Waals surface area contributed by atoms with Crippen LogP contribution in [0.5, 0.6) is 0 Å². The number of carbonyl (C=O) groups excluding carboxylic acids is 1. The summed E-state index contributed by atoms with van der Waals surface area (Å²) >= 11 is 0. The van der Waals surface area contributed by atoms with Gasteiger partial charge in [0.05, 0.1) is 11.5 Å². The molecular weight excluding hydrogens is 286 g/mol. The predicted molar refractivity (Wildman–Crippen MR) is 83.4 cm³/mol. The minimum Gasteiger partial charge on any atom is -0.460 e. The molecule has 22 heavy (non-hydrogen) atoms. The van der Waals surface area contributed by atoms with Gasteiger partial charge in [0.2, 0.25) is 0 Å². The molecule has 6 nitrogen and oxygen atoms in total. The second-order valence-electron chi connectivity index (χ2n) is 5.15. The van der Waals surface area contributed by atoms with Crippen LogP contribution in [0.2, 0.25) is 0 Å². The summed E-state index contributed by atoms with van der Waals surface area (Å²) in [4.78, 5) is 21.6. The fourth-order valence-corrected chi connectivity index (χ4v) is 1.58. The lowest BCUT2D eigenvalue weighted by Gasteiger charge is -2.06. The number of nitro groups is 1. The Morgan fingerprint density at radius 2 is 2.09 bits per heavy atom. The SMILES string of the molecule is CC(C)CCOCCOC(=O)/C=C/c1cccc([N+](=O)[O-])c1. The molecule has 0 N–H and O–H groups in total. The van der Waals surface area contributed by atoms with E-state index in [-0.39, 0.29) is 12.3 Å². The summed E-state index contributed by atoms with van der Waals surface area (Å²) in [6.45, 7) is 5.43. The van der Waals surface area contributed by atoms with Gasteiger partial charge in [-0.1, -0.05) is 26.0 Å². The highest BCUT2D eigenvalue weighted by molar-refractivity contribution is 5.87. The Kier molecular flexibility index (Phi) is 7.85. The van der Waals surface area contributed by atoms with Crippen LogP contribution in [0.1, 0.15) is 25.8 Å². The maximum Gasteiger partial charge on any atom is 0.330 e. The molecule has 1 aromatic carbocycles. The number of ether oxygens (including phenoxy) is 2. The fourth-order valence-electron chi connectivity index (χ4n) is 1.58. The minimum atomic E-state index is -0.501. The summed E-state index contributed by atoms with van der Waals surface area (Å²) in [5.74, 6) is 0.0828. The Bertz CT molecular complexity index is 525. The van der Waals surface area contributed by atoms with Gasteiger partial charge in [0, 0.05) is 24.8 Å². The first-order valence-electron chi connectivity index (χ1n) is 7.16. The van der Waals surface area contributed by atoms with E-state index in [1.54, 1.807) is 12.1 Å². The van der Waals surface area contributed by atoms with E-state index >= 15 is 0 Å². The first-order valence-corrected chi connectivity index (χ1v) is 7.16. The Balaban J connectivity index is 2.29. The van der Waals surface area contributed by atoms with E-state index in [1.807, 2.05) is 0 Å². The summed E-state index contributed by atoms with van der Waals surface area (Å²) in [6.07, 6.45) is 3.70. The number of rotatable bonds is 9. The Morgan fingerprint density at radius 1 is 1.32 bits per heavy atom. The highest BCUT2D eigenvalue weighted by Crippen LogP contribution is 2.14. The van der Waals surface area contributed by atoms with Crippen LogP contribution < -0.4 is 0 Å². The van der Waals surface area contributed by atoms with Crippen LogP contribution in [0.25, 0.3) is 6.08 Å². The number of carbonyl (C=O) groups is 1. The average molecular weight is 307 g/mol. The van der Waals surface area contributed by atoms with Gasteiger partial charge in [-0.15, -0.1) is 0 Å². The summed E-state index contributed by atoms with van der Waals surface area (Å²) in [5, 5.41) is 10.6. The van der Waals surface area contributed by atoms with Crippen molar-refractivity contribution in [2.45, 2.75) is 20.3 Å². The lowest BCUT2D eigenvalue weighted by Crippen LogP contribution is -2.09. The van der Waals surface area contributed by atoms with E-state index in [1.165, 1.54) is 24.3 Å². The van der Waals surface area contributed by atoms with Gasteiger partial charge < -0.3 is 9.47 Å². The van der Waals surface area contributed by atoms with Gasteiger partial charge in [0.25, 0.3) is 5.69 Å². The zero-order chi connectivity index (χ0) is 16.4. The van der Waals surface area contributed by atoms with Crippen molar-refractivity contribution in [3.05, 3.63) is 46.0 Å². The van der Waals surface area contributed by atoms with Crippen LogP contribution in [-0.4, -0.2) is 30.7 Å². The maximum absolute atomic E-state index is 11.5. The molecule has 0 atom stereocenters. The van der Waals surface area contributed by atoms with Crippen LogP contribution in [-0.2, 0) is 14.3 Å². The molecule has 0 amide bonds. The van der Waals surface area contributed by atoms with E-state index in [9.17, 15) is 14.9 Å². The third-order valence-corrected chi connectivity index (χ3v) is 2.80. The first-order chi connectivity index (χ1) is 10.5. The number of hydrogen-bond acceptors (Lipinski definition) is 5. The van der Waals surface area contributed by atoms with Crippen LogP contribution in [0.3, 0.4) is 0 Å². The lowest BCUT2D eigenvalue weighted by molar-refractivity contribution is -0.384. The summed E-state index contributed by atoms with van der Waals surface area (Å²) in [5.41, 5.74) is 0.549. The molecule has 0 unspecified atom stereocenters. The van der Waals surface area contributed by atoms with Crippen molar-refractivity contribution in [1.82, 2.24) is 0 Å². The molecule has 0 spiro atoms. The molecule has 0 fully saturated rings. The molecule has 0 aliphatic rings. The second kappa shape index (κ2) is 9.68. The van der Waals surface area contributed by atoms with Gasteiger partial charge >= 0.3 is 5.97 Å². The zero-order valence-corrected chi connectivity index (χ0v) is 12.9. The van der Waals surface area contributed by atoms with Crippen molar-refractivity contribution < 1.29 is 19.2 Å². The second-order valence-corrected chi connectivity index (χ2v) is 5.15.